The summed E-state index contributed by atoms with van der Waals surface area (Å²) in [6.07, 6.45) is 5.65. The van der Waals surface area contributed by atoms with Gasteiger partial charge in [-0.1, -0.05) is 149 Å². The number of phenols is 4. The van der Waals surface area contributed by atoms with Crippen LogP contribution in [0.1, 0.15) is 166 Å². The van der Waals surface area contributed by atoms with Crippen LogP contribution in [0.2, 0.25) is 0 Å². The molecule has 4 heterocycles. The lowest BCUT2D eigenvalue weighted by molar-refractivity contribution is 0.0920. The van der Waals surface area contributed by atoms with Crippen molar-refractivity contribution in [3.8, 4) is 46.0 Å². The fraction of sp³-hybridized carbons (Fsp3) is 0.368. The van der Waals surface area contributed by atoms with E-state index in [-0.39, 0.29) is 23.0 Å². The molecule has 12 heteroatoms. The zero-order valence-corrected chi connectivity index (χ0v) is 51.5. The van der Waals surface area contributed by atoms with Gasteiger partial charge in [0.05, 0.1) is 22.3 Å². The first kappa shape index (κ1) is 59.0. The second-order valence-electron chi connectivity index (χ2n) is 24.9. The number of nitrogens with zero attached hydrogens (tertiary/aromatic N) is 4. The van der Waals surface area contributed by atoms with Crippen LogP contribution in [0.4, 0.5) is 0 Å². The Hall–Kier alpha value is -8.00. The van der Waals surface area contributed by atoms with Crippen molar-refractivity contribution in [1.29, 1.82) is 0 Å². The van der Waals surface area contributed by atoms with E-state index >= 15 is 0 Å². The van der Waals surface area contributed by atoms with Crippen molar-refractivity contribution in [2.75, 3.05) is 53.1 Å². The first-order valence-electron chi connectivity index (χ1n) is 32.2. The second-order valence-corrected chi connectivity index (χ2v) is 24.9. The molecular formula is C76H84N4O8. The molecule has 456 valence electrons. The molecule has 8 bridgehead atoms. The van der Waals surface area contributed by atoms with Crippen molar-refractivity contribution in [3.63, 3.8) is 0 Å². The average molecular weight is 1180 g/mol. The number of fused-ring (bicyclic) bond motifs is 16. The number of benzene rings is 8. The van der Waals surface area contributed by atoms with Crippen LogP contribution in [0.15, 0.2) is 146 Å². The number of hydrogen-bond donors (Lipinski definition) is 4. The molecule has 1 aliphatic carbocycles. The minimum Gasteiger partial charge on any atom is -0.507 e. The van der Waals surface area contributed by atoms with Gasteiger partial charge in [-0.15, -0.1) is 0 Å². The van der Waals surface area contributed by atoms with Crippen molar-refractivity contribution in [2.45, 2.75) is 129 Å². The number of phenolic OH excluding ortho intramolecular Hbond substituents is 4. The molecule has 0 amide bonds. The highest BCUT2D eigenvalue weighted by molar-refractivity contribution is 5.69. The molecule has 13 rings (SSSR count). The molecule has 4 N–H and O–H groups in total. The second kappa shape index (κ2) is 26.0. The summed E-state index contributed by atoms with van der Waals surface area (Å²) >= 11 is 0. The highest BCUT2D eigenvalue weighted by Crippen LogP contribution is 2.57. The van der Waals surface area contributed by atoms with Crippen molar-refractivity contribution in [2.24, 2.45) is 0 Å². The Bertz CT molecular complexity index is 3280. The van der Waals surface area contributed by atoms with Gasteiger partial charge < -0.3 is 39.4 Å². The summed E-state index contributed by atoms with van der Waals surface area (Å²) in [6, 6.07) is 50.6. The topological polar surface area (TPSA) is 131 Å². The largest absolute Gasteiger partial charge is 0.507 e. The van der Waals surface area contributed by atoms with Crippen molar-refractivity contribution in [3.05, 3.63) is 235 Å². The van der Waals surface area contributed by atoms with Crippen LogP contribution >= 0.6 is 0 Å². The van der Waals surface area contributed by atoms with Crippen LogP contribution in [-0.2, 0) is 51.9 Å². The normalized spacial score (nSPS) is 19.2. The number of ether oxygens (including phenoxy) is 4. The molecule has 0 radical (unpaired) electrons. The van der Waals surface area contributed by atoms with Gasteiger partial charge in [0.1, 0.15) is 72.9 Å². The van der Waals surface area contributed by atoms with Gasteiger partial charge in [-0.25, -0.2) is 0 Å². The molecule has 0 saturated carbocycles. The van der Waals surface area contributed by atoms with Crippen LogP contribution in [0.3, 0.4) is 0 Å². The zero-order valence-electron chi connectivity index (χ0n) is 51.5. The van der Waals surface area contributed by atoms with Gasteiger partial charge in [0.25, 0.3) is 0 Å². The summed E-state index contributed by atoms with van der Waals surface area (Å²) in [4.78, 5) is 9.07. The van der Waals surface area contributed by atoms with Crippen LogP contribution in [0.5, 0.6) is 46.0 Å². The molecule has 88 heavy (non-hydrogen) atoms. The highest BCUT2D eigenvalue weighted by atomic mass is 16.5. The zero-order chi connectivity index (χ0) is 60.4. The van der Waals surface area contributed by atoms with Gasteiger partial charge in [0, 0.05) is 121 Å². The molecule has 8 aromatic rings. The maximum atomic E-state index is 13.3. The van der Waals surface area contributed by atoms with E-state index in [0.717, 1.165) is 119 Å². The fourth-order valence-electron chi connectivity index (χ4n) is 14.8. The monoisotopic (exact) mass is 1180 g/mol. The minimum absolute atomic E-state index is 0.188. The summed E-state index contributed by atoms with van der Waals surface area (Å²) in [6.45, 7) is 14.7. The minimum atomic E-state index is -0.405. The van der Waals surface area contributed by atoms with E-state index in [1.807, 2.05) is 24.3 Å². The van der Waals surface area contributed by atoms with Gasteiger partial charge >= 0.3 is 0 Å². The van der Waals surface area contributed by atoms with Gasteiger partial charge in [0.2, 0.25) is 0 Å². The van der Waals surface area contributed by atoms with E-state index in [1.54, 1.807) is 0 Å². The summed E-state index contributed by atoms with van der Waals surface area (Å²) in [5, 5.41) is 53.1. The molecule has 4 unspecified atom stereocenters. The summed E-state index contributed by atoms with van der Waals surface area (Å²) in [7, 11) is 0. The lowest BCUT2D eigenvalue weighted by atomic mass is 9.75. The first-order chi connectivity index (χ1) is 43.1. The van der Waals surface area contributed by atoms with Gasteiger partial charge in [-0.2, -0.15) is 0 Å². The highest BCUT2D eigenvalue weighted by Gasteiger charge is 2.40. The standard InChI is InChI=1S/C76H84N4O8/c1-5-53-57-37-62(74-65(69(57)81)41-77(46-86-74)33-29-49-21-13-9-14-22-49)55(7-3)59-39-64(76-67(71(59)83)43-79(48-88-76)35-31-51-25-17-11-18-26-51)56(8-4)60-40-63(75-68(72(60)84)44-80(47-87-75)36-32-52-27-19-12-20-28-52)54(6-2)58-38-61(53)73-66(70(58)82)42-78(45-85-73)34-30-50-23-15-10-16-24-50/h9-28,37-40,53-56,81-84H,5-8,29-36,41-48H2,1-4H3. The summed E-state index contributed by atoms with van der Waals surface area (Å²) < 4.78 is 28.1. The molecule has 5 aliphatic rings. The number of hydrogen-bond acceptors (Lipinski definition) is 12. The van der Waals surface area contributed by atoms with Crippen molar-refractivity contribution < 1.29 is 39.4 Å². The Morgan fingerprint density at radius 2 is 0.511 bits per heavy atom. The molecule has 0 fully saturated rings. The third-order valence-corrected chi connectivity index (χ3v) is 19.6. The van der Waals surface area contributed by atoms with E-state index < -0.39 is 23.7 Å². The quantitative estimate of drug-likeness (QED) is 0.0735. The molecule has 8 aromatic carbocycles. The van der Waals surface area contributed by atoms with E-state index in [9.17, 15) is 20.4 Å². The van der Waals surface area contributed by atoms with E-state index in [1.165, 1.54) is 22.3 Å². The van der Waals surface area contributed by atoms with Gasteiger partial charge in [0.15, 0.2) is 0 Å². The Morgan fingerprint density at radius 3 is 0.705 bits per heavy atom. The SMILES string of the molecule is CCC1c2cc(c3c(c2O)CN(CCc2ccccc2)CO3)C(CC)c2cc(c3c(c2O)CN(CCc2ccccc2)CO3)C(CC)c2cc(c3c(c2O)CN(CCc2ccccc2)CO3)C(CC)c2cc1c1c(c2O)CN(CCc2ccccc2)CO1. The fourth-order valence-corrected chi connectivity index (χ4v) is 14.8. The van der Waals surface area contributed by atoms with Crippen LogP contribution in [0, 0.1) is 0 Å². The predicted octanol–water partition coefficient (Wildman–Crippen LogP) is 14.6. The van der Waals surface area contributed by atoms with E-state index in [4.69, 9.17) is 18.9 Å². The van der Waals surface area contributed by atoms with E-state index in [0.29, 0.717) is 102 Å². The van der Waals surface area contributed by atoms with Crippen molar-refractivity contribution in [1.82, 2.24) is 19.6 Å². The first-order valence-corrected chi connectivity index (χ1v) is 32.2. The Kier molecular flexibility index (Phi) is 17.4. The molecule has 12 nitrogen and oxygen atoms in total. The molecular weight excluding hydrogens is 1100 g/mol. The Balaban J connectivity index is 1.03. The summed E-state index contributed by atoms with van der Waals surface area (Å²) in [5.74, 6) is 1.71. The molecule has 0 aromatic heterocycles. The molecule has 0 saturated heterocycles. The van der Waals surface area contributed by atoms with Crippen LogP contribution in [0.25, 0.3) is 0 Å². The van der Waals surface area contributed by atoms with Crippen molar-refractivity contribution >= 4 is 0 Å². The number of aromatic hydroxyl groups is 4. The van der Waals surface area contributed by atoms with Gasteiger partial charge in [-0.05, 0) is 97.9 Å². The van der Waals surface area contributed by atoms with Crippen LogP contribution in [-0.4, -0.2) is 93.1 Å². The Morgan fingerprint density at radius 1 is 0.307 bits per heavy atom. The smallest absolute Gasteiger partial charge is 0.142 e. The van der Waals surface area contributed by atoms with E-state index in [2.05, 4.69) is 169 Å². The predicted molar refractivity (Wildman–Crippen MR) is 345 cm³/mol. The molecule has 4 aliphatic heterocycles. The number of rotatable bonds is 16. The third-order valence-electron chi connectivity index (χ3n) is 19.6. The Labute approximate surface area is 519 Å². The third kappa shape index (κ3) is 11.6. The maximum Gasteiger partial charge on any atom is 0.142 e. The summed E-state index contributed by atoms with van der Waals surface area (Å²) in [5.41, 5.74) is 14.4. The lowest BCUT2D eigenvalue weighted by Gasteiger charge is -2.38. The maximum absolute atomic E-state index is 13.3. The average Bonchev–Trinajstić information content (AvgIpc) is 1.25. The lowest BCUT2D eigenvalue weighted by Crippen LogP contribution is -2.35. The van der Waals surface area contributed by atoms with Crippen LogP contribution < -0.4 is 18.9 Å². The van der Waals surface area contributed by atoms with Gasteiger partial charge in [-0.3, -0.25) is 19.6 Å². The molecule has 4 atom stereocenters. The molecule has 0 spiro atoms.